The van der Waals surface area contributed by atoms with E-state index in [0.29, 0.717) is 32.8 Å². The molecule has 3 aromatic rings. The average molecular weight is 420 g/mol. The highest BCUT2D eigenvalue weighted by atomic mass is 19.1. The van der Waals surface area contributed by atoms with Gasteiger partial charge in [0.2, 0.25) is 5.91 Å². The molecule has 2 aliphatic heterocycles. The minimum absolute atomic E-state index is 0.0526. The summed E-state index contributed by atoms with van der Waals surface area (Å²) in [5, 5.41) is 3.50. The zero-order chi connectivity index (χ0) is 21.4. The fourth-order valence-corrected chi connectivity index (χ4v) is 4.22. The van der Waals surface area contributed by atoms with Crippen molar-refractivity contribution in [2.24, 2.45) is 5.92 Å². The van der Waals surface area contributed by atoms with Crippen molar-refractivity contribution in [2.45, 2.75) is 26.4 Å². The molecule has 3 heterocycles. The molecule has 7 heteroatoms. The topological polar surface area (TPSA) is 59.4 Å². The summed E-state index contributed by atoms with van der Waals surface area (Å²) >= 11 is 0. The fraction of sp³-hybridized carbons (Fsp3) is 0.333. The van der Waals surface area contributed by atoms with Crippen LogP contribution in [0.25, 0.3) is 11.3 Å². The largest absolute Gasteiger partial charge is 0.381 e. The van der Waals surface area contributed by atoms with Crippen LogP contribution in [0.5, 0.6) is 0 Å². The van der Waals surface area contributed by atoms with Gasteiger partial charge in [0.1, 0.15) is 23.2 Å². The van der Waals surface area contributed by atoms with Gasteiger partial charge < -0.3 is 19.5 Å². The van der Waals surface area contributed by atoms with E-state index in [1.165, 1.54) is 17.7 Å². The van der Waals surface area contributed by atoms with Crippen LogP contribution in [-0.4, -0.2) is 40.1 Å². The molecule has 6 nitrogen and oxygen atoms in total. The second kappa shape index (κ2) is 8.15. The molecule has 1 fully saturated rings. The van der Waals surface area contributed by atoms with Crippen LogP contribution in [-0.2, 0) is 22.6 Å². The van der Waals surface area contributed by atoms with Gasteiger partial charge >= 0.3 is 0 Å². The molecule has 1 unspecified atom stereocenters. The number of nitrogens with one attached hydrogen (secondary N) is 1. The zero-order valence-corrected chi connectivity index (χ0v) is 17.5. The minimum Gasteiger partial charge on any atom is -0.381 e. The van der Waals surface area contributed by atoms with Crippen LogP contribution in [0.3, 0.4) is 0 Å². The lowest BCUT2D eigenvalue weighted by molar-refractivity contribution is -0.137. The maximum Gasteiger partial charge on any atom is 0.228 e. The summed E-state index contributed by atoms with van der Waals surface area (Å²) in [4.78, 5) is 19.6. The molecular formula is C24H25FN4O2. The SMILES string of the molecule is Cc1ccc(Nc2c(-c3ccc(F)cc3)nc3n2CCN(C(=O)C2CCOC2)C3)cc1. The van der Waals surface area contributed by atoms with Gasteiger partial charge in [-0.25, -0.2) is 9.37 Å². The summed E-state index contributed by atoms with van der Waals surface area (Å²) in [5.41, 5.74) is 3.73. The summed E-state index contributed by atoms with van der Waals surface area (Å²) < 4.78 is 21.0. The number of amides is 1. The zero-order valence-electron chi connectivity index (χ0n) is 17.5. The molecule has 0 bridgehead atoms. The highest BCUT2D eigenvalue weighted by Crippen LogP contribution is 2.34. The number of benzene rings is 2. The van der Waals surface area contributed by atoms with Crippen molar-refractivity contribution in [2.75, 3.05) is 25.1 Å². The van der Waals surface area contributed by atoms with Crippen LogP contribution in [0.15, 0.2) is 48.5 Å². The van der Waals surface area contributed by atoms with Crippen molar-refractivity contribution in [3.8, 4) is 11.3 Å². The van der Waals surface area contributed by atoms with Crippen LogP contribution in [0, 0.1) is 18.7 Å². The molecular weight excluding hydrogens is 395 g/mol. The molecule has 160 valence electrons. The molecule has 0 aliphatic carbocycles. The van der Waals surface area contributed by atoms with E-state index in [2.05, 4.69) is 28.9 Å². The number of nitrogens with zero attached hydrogens (tertiary/aromatic N) is 3. The van der Waals surface area contributed by atoms with Gasteiger partial charge in [0.25, 0.3) is 0 Å². The van der Waals surface area contributed by atoms with E-state index in [1.807, 2.05) is 17.0 Å². The summed E-state index contributed by atoms with van der Waals surface area (Å²) in [6, 6.07) is 14.5. The lowest BCUT2D eigenvalue weighted by Crippen LogP contribution is -2.42. The predicted molar refractivity (Wildman–Crippen MR) is 116 cm³/mol. The summed E-state index contributed by atoms with van der Waals surface area (Å²) in [5.74, 6) is 1.50. The van der Waals surface area contributed by atoms with E-state index in [1.54, 1.807) is 12.1 Å². The van der Waals surface area contributed by atoms with Crippen molar-refractivity contribution in [1.29, 1.82) is 0 Å². The van der Waals surface area contributed by atoms with Gasteiger partial charge in [0, 0.05) is 30.9 Å². The molecule has 31 heavy (non-hydrogen) atoms. The van der Waals surface area contributed by atoms with Crippen molar-refractivity contribution < 1.29 is 13.9 Å². The maximum atomic E-state index is 13.5. The first-order chi connectivity index (χ1) is 15.1. The molecule has 1 saturated heterocycles. The second-order valence-electron chi connectivity index (χ2n) is 8.20. The first-order valence-electron chi connectivity index (χ1n) is 10.6. The van der Waals surface area contributed by atoms with Gasteiger partial charge in [0.05, 0.1) is 19.1 Å². The van der Waals surface area contributed by atoms with Crippen molar-refractivity contribution >= 4 is 17.4 Å². The maximum absolute atomic E-state index is 13.5. The van der Waals surface area contributed by atoms with Crippen LogP contribution in [0.1, 0.15) is 17.8 Å². The van der Waals surface area contributed by atoms with Crippen molar-refractivity contribution in [1.82, 2.24) is 14.5 Å². The van der Waals surface area contributed by atoms with E-state index < -0.39 is 0 Å². The predicted octanol–water partition coefficient (Wildman–Crippen LogP) is 4.12. The number of hydrogen-bond donors (Lipinski definition) is 1. The minimum atomic E-state index is -0.281. The molecule has 0 spiro atoms. The molecule has 0 radical (unpaired) electrons. The fourth-order valence-electron chi connectivity index (χ4n) is 4.22. The Balaban J connectivity index is 1.49. The molecule has 2 aromatic carbocycles. The number of halogens is 1. The number of carbonyl (C=O) groups excluding carboxylic acids is 1. The Morgan fingerprint density at radius 2 is 1.90 bits per heavy atom. The summed E-state index contributed by atoms with van der Waals surface area (Å²) in [6.45, 7) is 4.94. The number of ether oxygens (including phenoxy) is 1. The van der Waals surface area contributed by atoms with Crippen LogP contribution >= 0.6 is 0 Å². The average Bonchev–Trinajstić information content (AvgIpc) is 3.44. The van der Waals surface area contributed by atoms with Crippen LogP contribution < -0.4 is 5.32 Å². The van der Waals surface area contributed by atoms with E-state index in [-0.39, 0.29) is 17.6 Å². The Labute approximate surface area is 180 Å². The van der Waals surface area contributed by atoms with Gasteiger partial charge in [-0.05, 0) is 49.7 Å². The van der Waals surface area contributed by atoms with E-state index in [4.69, 9.17) is 9.72 Å². The van der Waals surface area contributed by atoms with E-state index in [9.17, 15) is 9.18 Å². The third-order valence-electron chi connectivity index (χ3n) is 6.00. The third-order valence-corrected chi connectivity index (χ3v) is 6.00. The number of imidazole rings is 1. The number of hydrogen-bond acceptors (Lipinski definition) is 4. The highest BCUT2D eigenvalue weighted by molar-refractivity contribution is 5.80. The molecule has 1 amide bonds. The summed E-state index contributed by atoms with van der Waals surface area (Å²) in [7, 11) is 0. The van der Waals surface area contributed by atoms with Crippen molar-refractivity contribution in [3.63, 3.8) is 0 Å². The number of anilines is 2. The Bertz CT molecular complexity index is 1090. The van der Waals surface area contributed by atoms with Crippen molar-refractivity contribution in [3.05, 3.63) is 65.7 Å². The van der Waals surface area contributed by atoms with E-state index in [0.717, 1.165) is 35.0 Å². The molecule has 1 atom stereocenters. The first kappa shape index (κ1) is 19.8. The first-order valence-corrected chi connectivity index (χ1v) is 10.6. The van der Waals surface area contributed by atoms with Gasteiger partial charge in [0.15, 0.2) is 0 Å². The summed E-state index contributed by atoms with van der Waals surface area (Å²) in [6.07, 6.45) is 0.783. The van der Waals surface area contributed by atoms with Gasteiger partial charge in [-0.1, -0.05) is 17.7 Å². The normalized spacial score (nSPS) is 18.1. The standard InChI is InChI=1S/C24H25FN4O2/c1-16-2-8-20(9-3-16)26-23-22(17-4-6-19(25)7-5-17)27-21-14-28(11-12-29(21)23)24(30)18-10-13-31-15-18/h2-9,18,26H,10-15H2,1H3. The van der Waals surface area contributed by atoms with Gasteiger partial charge in [-0.2, -0.15) is 0 Å². The van der Waals surface area contributed by atoms with Gasteiger partial charge in [-0.15, -0.1) is 0 Å². The van der Waals surface area contributed by atoms with Gasteiger partial charge in [-0.3, -0.25) is 4.79 Å². The third kappa shape index (κ3) is 3.93. The number of rotatable bonds is 4. The lowest BCUT2D eigenvalue weighted by Gasteiger charge is -2.30. The number of aromatic nitrogens is 2. The molecule has 1 aromatic heterocycles. The number of carbonyl (C=O) groups is 1. The molecule has 0 saturated carbocycles. The Morgan fingerprint density at radius 3 is 2.61 bits per heavy atom. The molecule has 2 aliphatic rings. The van der Waals surface area contributed by atoms with E-state index >= 15 is 0 Å². The monoisotopic (exact) mass is 420 g/mol. The Morgan fingerprint density at radius 1 is 1.13 bits per heavy atom. The second-order valence-corrected chi connectivity index (χ2v) is 8.20. The molecule has 1 N–H and O–H groups in total. The van der Waals surface area contributed by atoms with Crippen LogP contribution in [0.4, 0.5) is 15.9 Å². The Hall–Kier alpha value is -3.19. The smallest absolute Gasteiger partial charge is 0.228 e. The number of aryl methyl sites for hydroxylation is 1. The lowest BCUT2D eigenvalue weighted by atomic mass is 10.1. The molecule has 5 rings (SSSR count). The number of fused-ring (bicyclic) bond motifs is 1. The quantitative estimate of drug-likeness (QED) is 0.690. The van der Waals surface area contributed by atoms with Crippen LogP contribution in [0.2, 0.25) is 0 Å². The highest BCUT2D eigenvalue weighted by Gasteiger charge is 2.32. The Kier molecular flexibility index (Phi) is 5.19.